The molecule has 0 aliphatic heterocycles. The molecule has 0 amide bonds. The Kier molecular flexibility index (Phi) is 2.85. The molecule has 92 valence electrons. The Bertz CT molecular complexity index is 862. The molecule has 3 heteroatoms. The predicted molar refractivity (Wildman–Crippen MR) is 91.3 cm³/mol. The van der Waals surface area contributed by atoms with Crippen molar-refractivity contribution in [2.45, 2.75) is 0 Å². The molecular formula is C16H8Br2Se. The van der Waals surface area contributed by atoms with Gasteiger partial charge in [-0.1, -0.05) is 0 Å². The first kappa shape index (κ1) is 12.2. The van der Waals surface area contributed by atoms with Gasteiger partial charge in [-0.3, -0.25) is 0 Å². The molecule has 0 saturated heterocycles. The van der Waals surface area contributed by atoms with E-state index < -0.39 is 0 Å². The standard InChI is InChI=1S/C16H8Br2Se/c17-15-13-11-7-3-1-5-9(11)10-6-2-4-8-12(10)14(13)16(18)19-15/h1-8H. The van der Waals surface area contributed by atoms with Gasteiger partial charge in [0.25, 0.3) is 0 Å². The summed E-state index contributed by atoms with van der Waals surface area (Å²) in [5.74, 6) is 0. The summed E-state index contributed by atoms with van der Waals surface area (Å²) in [6.07, 6.45) is 0. The zero-order chi connectivity index (χ0) is 13.0. The molecule has 0 saturated carbocycles. The van der Waals surface area contributed by atoms with Gasteiger partial charge in [0.2, 0.25) is 0 Å². The van der Waals surface area contributed by atoms with Gasteiger partial charge < -0.3 is 0 Å². The van der Waals surface area contributed by atoms with Crippen LogP contribution in [-0.4, -0.2) is 14.5 Å². The Labute approximate surface area is 133 Å². The van der Waals surface area contributed by atoms with E-state index in [1.165, 1.54) is 39.0 Å². The molecule has 0 N–H and O–H groups in total. The Morgan fingerprint density at radius 2 is 0.947 bits per heavy atom. The van der Waals surface area contributed by atoms with Crippen molar-refractivity contribution < 1.29 is 0 Å². The number of fused-ring (bicyclic) bond motifs is 6. The number of hydrogen-bond donors (Lipinski definition) is 0. The van der Waals surface area contributed by atoms with E-state index in [0.717, 1.165) is 0 Å². The summed E-state index contributed by atoms with van der Waals surface area (Å²) in [6.45, 7) is 0. The van der Waals surface area contributed by atoms with Gasteiger partial charge in [-0.25, -0.2) is 0 Å². The van der Waals surface area contributed by atoms with Gasteiger partial charge in [-0.05, 0) is 0 Å². The van der Waals surface area contributed by atoms with Crippen LogP contribution in [0.2, 0.25) is 0 Å². The minimum atomic E-state index is 0.356. The predicted octanol–water partition coefficient (Wildman–Crippen LogP) is 5.73. The zero-order valence-corrected chi connectivity index (χ0v) is 14.7. The Morgan fingerprint density at radius 1 is 0.579 bits per heavy atom. The van der Waals surface area contributed by atoms with Crippen molar-refractivity contribution in [1.82, 2.24) is 0 Å². The quantitative estimate of drug-likeness (QED) is 0.243. The molecule has 0 radical (unpaired) electrons. The average Bonchev–Trinajstić information content (AvgIpc) is 2.75. The molecule has 1 heterocycles. The van der Waals surface area contributed by atoms with Crippen LogP contribution in [0.5, 0.6) is 0 Å². The van der Waals surface area contributed by atoms with Gasteiger partial charge in [-0.15, -0.1) is 0 Å². The molecule has 0 bridgehead atoms. The van der Waals surface area contributed by atoms with Crippen LogP contribution in [0.4, 0.5) is 0 Å². The molecule has 4 aromatic rings. The molecule has 0 unspecified atom stereocenters. The van der Waals surface area contributed by atoms with Crippen LogP contribution >= 0.6 is 31.9 Å². The second-order valence-corrected chi connectivity index (χ2v) is 10.6. The van der Waals surface area contributed by atoms with Crippen molar-refractivity contribution in [1.29, 1.82) is 0 Å². The second kappa shape index (κ2) is 4.46. The van der Waals surface area contributed by atoms with Gasteiger partial charge in [0, 0.05) is 0 Å². The molecule has 0 aliphatic rings. The second-order valence-electron chi connectivity index (χ2n) is 4.49. The van der Waals surface area contributed by atoms with Crippen LogP contribution < -0.4 is 0 Å². The van der Waals surface area contributed by atoms with Crippen LogP contribution in [0.25, 0.3) is 32.3 Å². The maximum atomic E-state index is 3.78. The van der Waals surface area contributed by atoms with Crippen LogP contribution in [0.3, 0.4) is 0 Å². The first-order valence-electron chi connectivity index (χ1n) is 5.94. The van der Waals surface area contributed by atoms with Crippen molar-refractivity contribution in [3.8, 4) is 0 Å². The van der Waals surface area contributed by atoms with E-state index in [2.05, 4.69) is 80.4 Å². The number of benzene rings is 3. The van der Waals surface area contributed by atoms with E-state index in [1.807, 2.05) is 0 Å². The summed E-state index contributed by atoms with van der Waals surface area (Å²) in [6, 6.07) is 17.4. The molecule has 4 rings (SSSR count). The van der Waals surface area contributed by atoms with E-state index in [1.54, 1.807) is 0 Å². The van der Waals surface area contributed by atoms with Gasteiger partial charge in [0.15, 0.2) is 0 Å². The summed E-state index contributed by atoms with van der Waals surface area (Å²) in [5, 5.41) is 8.12. The number of halogens is 2. The van der Waals surface area contributed by atoms with Gasteiger partial charge >= 0.3 is 134 Å². The van der Waals surface area contributed by atoms with Crippen LogP contribution in [0.15, 0.2) is 55.2 Å². The topological polar surface area (TPSA) is 0 Å². The molecule has 0 atom stereocenters. The van der Waals surface area contributed by atoms with Crippen molar-refractivity contribution >= 4 is 78.7 Å². The van der Waals surface area contributed by atoms with Crippen molar-refractivity contribution in [3.05, 3.63) is 55.2 Å². The van der Waals surface area contributed by atoms with E-state index >= 15 is 0 Å². The van der Waals surface area contributed by atoms with Crippen molar-refractivity contribution in [2.75, 3.05) is 0 Å². The summed E-state index contributed by atoms with van der Waals surface area (Å²) in [7, 11) is 0. The summed E-state index contributed by atoms with van der Waals surface area (Å²) < 4.78 is 2.67. The Hall–Kier alpha value is -0.601. The fourth-order valence-corrected chi connectivity index (χ4v) is 8.01. The third kappa shape index (κ3) is 1.69. The Morgan fingerprint density at radius 3 is 1.37 bits per heavy atom. The molecule has 0 aliphatic carbocycles. The average molecular weight is 439 g/mol. The third-order valence-corrected chi connectivity index (χ3v) is 7.59. The van der Waals surface area contributed by atoms with E-state index in [0.29, 0.717) is 14.5 Å². The Balaban J connectivity index is 2.49. The molecular weight excluding hydrogens is 431 g/mol. The fourth-order valence-electron chi connectivity index (χ4n) is 2.73. The first-order valence-corrected chi connectivity index (χ1v) is 9.24. The normalized spacial score (nSPS) is 11.7. The summed E-state index contributed by atoms with van der Waals surface area (Å²) in [5.41, 5.74) is 0. The molecule has 19 heavy (non-hydrogen) atoms. The van der Waals surface area contributed by atoms with E-state index in [9.17, 15) is 0 Å². The summed E-state index contributed by atoms with van der Waals surface area (Å²) in [4.78, 5) is 0. The van der Waals surface area contributed by atoms with Crippen molar-refractivity contribution in [3.63, 3.8) is 0 Å². The zero-order valence-electron chi connectivity index (χ0n) is 9.78. The molecule has 0 fully saturated rings. The SMILES string of the molecule is Brc1[se]c(Br)c2c3ccccc3c3ccccc3c12. The third-order valence-electron chi connectivity index (χ3n) is 3.51. The minimum absolute atomic E-state index is 0.356. The number of rotatable bonds is 0. The van der Waals surface area contributed by atoms with Crippen LogP contribution in [0, 0.1) is 0 Å². The number of hydrogen-bond acceptors (Lipinski definition) is 0. The fraction of sp³-hybridized carbons (Fsp3) is 0. The monoisotopic (exact) mass is 438 g/mol. The molecule has 0 spiro atoms. The maximum absolute atomic E-state index is 3.78. The first-order chi connectivity index (χ1) is 9.27. The van der Waals surface area contributed by atoms with Gasteiger partial charge in [0.05, 0.1) is 0 Å². The van der Waals surface area contributed by atoms with Crippen molar-refractivity contribution in [2.24, 2.45) is 0 Å². The molecule has 3 aromatic carbocycles. The summed E-state index contributed by atoms with van der Waals surface area (Å²) >= 11 is 7.91. The molecule has 1 aromatic heterocycles. The van der Waals surface area contributed by atoms with Gasteiger partial charge in [0.1, 0.15) is 0 Å². The van der Waals surface area contributed by atoms with E-state index in [-0.39, 0.29) is 0 Å². The van der Waals surface area contributed by atoms with Gasteiger partial charge in [-0.2, -0.15) is 0 Å². The van der Waals surface area contributed by atoms with E-state index in [4.69, 9.17) is 0 Å². The van der Waals surface area contributed by atoms with Crippen LogP contribution in [-0.2, 0) is 0 Å². The van der Waals surface area contributed by atoms with Crippen LogP contribution in [0.1, 0.15) is 0 Å². The molecule has 0 nitrogen and oxygen atoms in total.